The van der Waals surface area contributed by atoms with Gasteiger partial charge in [0, 0.05) is 30.4 Å². The van der Waals surface area contributed by atoms with E-state index in [2.05, 4.69) is 20.5 Å². The maximum absolute atomic E-state index is 13.2. The predicted octanol–water partition coefficient (Wildman–Crippen LogP) is 5.65. The number of para-hydroxylation sites is 1. The van der Waals surface area contributed by atoms with Gasteiger partial charge in [0.25, 0.3) is 11.7 Å². The van der Waals surface area contributed by atoms with Crippen LogP contribution in [0.2, 0.25) is 0 Å². The quantitative estimate of drug-likeness (QED) is 0.141. The average Bonchev–Trinajstić information content (AvgIpc) is 3.43. The lowest BCUT2D eigenvalue weighted by molar-refractivity contribution is -0.126. The fourth-order valence-electron chi connectivity index (χ4n) is 4.85. The van der Waals surface area contributed by atoms with Gasteiger partial charge in [-0.25, -0.2) is 14.4 Å². The summed E-state index contributed by atoms with van der Waals surface area (Å²) in [6, 6.07) is 19.6. The number of aromatic nitrogens is 1. The number of benzene rings is 3. The van der Waals surface area contributed by atoms with Crippen molar-refractivity contribution in [1.82, 2.24) is 9.88 Å². The first kappa shape index (κ1) is 26.9. The van der Waals surface area contributed by atoms with Crippen LogP contribution >= 0.6 is 0 Å². The summed E-state index contributed by atoms with van der Waals surface area (Å²) < 4.78 is 0. The van der Waals surface area contributed by atoms with Crippen LogP contribution in [-0.4, -0.2) is 51.8 Å². The molecule has 0 saturated carbocycles. The van der Waals surface area contributed by atoms with Crippen molar-refractivity contribution in [3.63, 3.8) is 0 Å². The molecule has 41 heavy (non-hydrogen) atoms. The Bertz CT molecular complexity index is 1720. The Hall–Kier alpha value is -5.69. The molecule has 1 saturated heterocycles. The second-order valence-corrected chi connectivity index (χ2v) is 9.44. The summed E-state index contributed by atoms with van der Waals surface area (Å²) >= 11 is 0. The molecular weight excluding hydrogens is 522 g/mol. The van der Waals surface area contributed by atoms with Crippen molar-refractivity contribution in [2.24, 2.45) is 0 Å². The highest BCUT2D eigenvalue weighted by atomic mass is 16.4. The molecule has 10 heteroatoms. The highest BCUT2D eigenvalue weighted by Gasteiger charge is 2.29. The number of aromatic amines is 1. The van der Waals surface area contributed by atoms with Crippen LogP contribution in [-0.2, 0) is 4.79 Å². The number of carboxylic acids is 1. The first-order chi connectivity index (χ1) is 19.9. The van der Waals surface area contributed by atoms with E-state index in [0.29, 0.717) is 53.9 Å². The molecule has 1 aromatic heterocycles. The number of hydrogen-bond acceptors (Lipinski definition) is 4. The van der Waals surface area contributed by atoms with Gasteiger partial charge in [-0.15, -0.1) is 0 Å². The number of nitrogens with zero attached hydrogens (tertiary/aromatic N) is 2. The number of fused-ring (bicyclic) bond motifs is 1. The summed E-state index contributed by atoms with van der Waals surface area (Å²) in [5, 5.41) is 14.9. The molecule has 3 amide bonds. The van der Waals surface area contributed by atoms with E-state index >= 15 is 0 Å². The zero-order chi connectivity index (χ0) is 28.9. The van der Waals surface area contributed by atoms with Gasteiger partial charge in [0.1, 0.15) is 0 Å². The number of nitrogens with one attached hydrogen (secondary N) is 3. The minimum absolute atomic E-state index is 0.0978. The van der Waals surface area contributed by atoms with Crippen molar-refractivity contribution in [1.29, 1.82) is 0 Å². The monoisotopic (exact) mass is 547 g/mol. The number of anilines is 2. The summed E-state index contributed by atoms with van der Waals surface area (Å²) in [6.07, 6.45) is 2.49. The molecule has 4 N–H and O–H groups in total. The van der Waals surface area contributed by atoms with E-state index < -0.39 is 23.7 Å². The van der Waals surface area contributed by atoms with Crippen molar-refractivity contribution in [2.75, 3.05) is 23.7 Å². The minimum atomic E-state index is -1.07. The van der Waals surface area contributed by atoms with Crippen molar-refractivity contribution in [3.05, 3.63) is 113 Å². The molecule has 5 rings (SSSR count). The normalized spacial score (nSPS) is 12.9. The standard InChI is InChI=1S/C31H25N5O5/c1-32-26(19-6-3-2-4-7-19)20-14-16-36(17-15-20)29(38)28(37)24-18-33-27-23(24)8-5-9-25(27)35-31(41)34-22-12-10-21(11-13-22)30(39)40/h2-13,18,33H,14-17H2,(H,39,40)(H2,34,35,41). The van der Waals surface area contributed by atoms with Crippen molar-refractivity contribution in [3.8, 4) is 0 Å². The van der Waals surface area contributed by atoms with Crippen LogP contribution in [0.4, 0.5) is 16.2 Å². The molecule has 1 aliphatic heterocycles. The molecule has 0 spiro atoms. The smallest absolute Gasteiger partial charge is 0.335 e. The highest BCUT2D eigenvalue weighted by molar-refractivity contribution is 6.45. The molecule has 0 unspecified atom stereocenters. The van der Waals surface area contributed by atoms with E-state index in [1.165, 1.54) is 35.4 Å². The molecule has 0 bridgehead atoms. The van der Waals surface area contributed by atoms with Crippen molar-refractivity contribution < 1.29 is 24.3 Å². The number of carbonyl (C=O) groups is 4. The van der Waals surface area contributed by atoms with Crippen LogP contribution in [0.25, 0.3) is 21.4 Å². The van der Waals surface area contributed by atoms with Crippen LogP contribution in [0, 0.1) is 6.57 Å². The van der Waals surface area contributed by atoms with E-state index in [1.807, 2.05) is 30.3 Å². The van der Waals surface area contributed by atoms with Crippen LogP contribution < -0.4 is 10.6 Å². The largest absolute Gasteiger partial charge is 0.478 e. The molecule has 4 aromatic rings. The van der Waals surface area contributed by atoms with E-state index in [0.717, 1.165) is 11.1 Å². The molecule has 204 valence electrons. The van der Waals surface area contributed by atoms with Crippen molar-refractivity contribution in [2.45, 2.75) is 12.8 Å². The third-order valence-corrected chi connectivity index (χ3v) is 6.94. The number of carboxylic acid groups (broad SMARTS) is 1. The fourth-order valence-corrected chi connectivity index (χ4v) is 4.85. The minimum Gasteiger partial charge on any atom is -0.478 e. The summed E-state index contributed by atoms with van der Waals surface area (Å²) in [6.45, 7) is 8.31. The molecule has 1 fully saturated rings. The number of amides is 3. The van der Waals surface area contributed by atoms with Crippen LogP contribution in [0.15, 0.2) is 84.6 Å². The van der Waals surface area contributed by atoms with Gasteiger partial charge in [-0.2, -0.15) is 0 Å². The fraction of sp³-hybridized carbons (Fsp3) is 0.129. The molecule has 0 radical (unpaired) electrons. The summed E-state index contributed by atoms with van der Waals surface area (Å²) in [7, 11) is 0. The van der Waals surface area contributed by atoms with Gasteiger partial charge in [0.15, 0.2) is 5.70 Å². The van der Waals surface area contributed by atoms with Gasteiger partial charge in [-0.1, -0.05) is 48.0 Å². The van der Waals surface area contributed by atoms with Gasteiger partial charge in [-0.05, 0) is 48.7 Å². The van der Waals surface area contributed by atoms with E-state index in [-0.39, 0.29) is 11.1 Å². The third kappa shape index (κ3) is 5.69. The van der Waals surface area contributed by atoms with Gasteiger partial charge < -0.3 is 25.6 Å². The van der Waals surface area contributed by atoms with E-state index in [4.69, 9.17) is 11.7 Å². The first-order valence-electron chi connectivity index (χ1n) is 12.9. The Balaban J connectivity index is 1.27. The topological polar surface area (TPSA) is 136 Å². The number of Topliss-reactive ketones (excluding diaryl/α,β-unsaturated/α-hetero) is 1. The molecule has 0 atom stereocenters. The Morgan fingerprint density at radius 3 is 2.22 bits per heavy atom. The number of aromatic carboxylic acids is 1. The zero-order valence-corrected chi connectivity index (χ0v) is 21.8. The number of urea groups is 1. The third-order valence-electron chi connectivity index (χ3n) is 6.94. The zero-order valence-electron chi connectivity index (χ0n) is 21.8. The average molecular weight is 548 g/mol. The van der Waals surface area contributed by atoms with Crippen molar-refractivity contribution >= 4 is 51.7 Å². The number of H-pyrrole nitrogens is 1. The lowest BCUT2D eigenvalue weighted by Gasteiger charge is -2.28. The number of hydrogen-bond donors (Lipinski definition) is 4. The highest BCUT2D eigenvalue weighted by Crippen LogP contribution is 2.30. The number of likely N-dealkylation sites (tertiary alicyclic amines) is 1. The molecule has 3 aromatic carbocycles. The summed E-state index contributed by atoms with van der Waals surface area (Å²) in [5.41, 5.74) is 4.00. The van der Waals surface area contributed by atoms with Gasteiger partial charge >= 0.3 is 12.0 Å². The Labute approximate surface area is 235 Å². The Kier molecular flexibility index (Phi) is 7.60. The van der Waals surface area contributed by atoms with E-state index in [1.54, 1.807) is 18.2 Å². The number of ketones is 1. The molecule has 2 heterocycles. The van der Waals surface area contributed by atoms with Gasteiger partial charge in [0.2, 0.25) is 0 Å². The van der Waals surface area contributed by atoms with Gasteiger partial charge in [-0.3, -0.25) is 9.59 Å². The van der Waals surface area contributed by atoms with Crippen LogP contribution in [0.1, 0.15) is 39.1 Å². The molecule has 10 nitrogen and oxygen atoms in total. The van der Waals surface area contributed by atoms with Gasteiger partial charge in [0.05, 0.1) is 28.9 Å². The Morgan fingerprint density at radius 1 is 0.854 bits per heavy atom. The van der Waals surface area contributed by atoms with Crippen LogP contribution in [0.3, 0.4) is 0 Å². The maximum atomic E-state index is 13.2. The molecule has 1 aliphatic rings. The molecule has 0 aliphatic carbocycles. The lowest BCUT2D eigenvalue weighted by Crippen LogP contribution is -2.40. The number of rotatable bonds is 6. The molecular formula is C31H25N5O5. The first-order valence-corrected chi connectivity index (χ1v) is 12.9. The maximum Gasteiger partial charge on any atom is 0.335 e. The predicted molar refractivity (Wildman–Crippen MR) is 154 cm³/mol. The van der Waals surface area contributed by atoms with E-state index in [9.17, 15) is 19.2 Å². The van der Waals surface area contributed by atoms with Crippen LogP contribution in [0.5, 0.6) is 0 Å². The number of piperidine rings is 1. The summed E-state index contributed by atoms with van der Waals surface area (Å²) in [5.74, 6) is -2.34. The lowest BCUT2D eigenvalue weighted by atomic mass is 9.97. The SMILES string of the molecule is [C-]#[N+]C(=C1CCN(C(=O)C(=O)c2c[nH]c3c(NC(=O)Nc4ccc(C(=O)O)cc4)cccc23)CC1)c1ccccc1. The number of carbonyl (C=O) groups excluding carboxylic acids is 3. The Morgan fingerprint density at radius 2 is 1.56 bits per heavy atom. The second-order valence-electron chi connectivity index (χ2n) is 9.44. The second kappa shape index (κ2) is 11.6. The summed E-state index contributed by atoms with van der Waals surface area (Å²) in [4.78, 5) is 58.2.